The van der Waals surface area contributed by atoms with E-state index in [1.54, 1.807) is 19.9 Å². The lowest BCUT2D eigenvalue weighted by molar-refractivity contribution is -0.142. The number of carboxylic acid groups (broad SMARTS) is 1. The Kier molecular flexibility index (Phi) is 6.46. The zero-order valence-electron chi connectivity index (χ0n) is 10.4. The van der Waals surface area contributed by atoms with Crippen LogP contribution in [-0.4, -0.2) is 23.5 Å². The lowest BCUT2D eigenvalue weighted by atomic mass is 9.97. The number of hydrogen-bond donors (Lipinski definition) is 2. The standard InChI is InChI=1S/C12H21NO3/c1-5-9(4)11(14)13-7-10(12(15)16)6-8(2)3/h5,8,10H,6-7H2,1-4H3,(H,13,14)(H,15,16)/b9-5+/t10-/m1/s1. The predicted molar refractivity (Wildman–Crippen MR) is 63.0 cm³/mol. The van der Waals surface area contributed by atoms with Crippen LogP contribution in [0, 0.1) is 11.8 Å². The van der Waals surface area contributed by atoms with Gasteiger partial charge >= 0.3 is 5.97 Å². The van der Waals surface area contributed by atoms with Gasteiger partial charge in [-0.1, -0.05) is 19.9 Å². The highest BCUT2D eigenvalue weighted by Crippen LogP contribution is 2.11. The smallest absolute Gasteiger partial charge is 0.308 e. The van der Waals surface area contributed by atoms with Gasteiger partial charge in [-0.05, 0) is 26.2 Å². The van der Waals surface area contributed by atoms with Crippen molar-refractivity contribution in [3.8, 4) is 0 Å². The number of carboxylic acids is 1. The van der Waals surface area contributed by atoms with Gasteiger partial charge in [-0.15, -0.1) is 0 Å². The summed E-state index contributed by atoms with van der Waals surface area (Å²) in [4.78, 5) is 22.3. The van der Waals surface area contributed by atoms with E-state index in [1.807, 2.05) is 13.8 Å². The Morgan fingerprint density at radius 3 is 2.31 bits per heavy atom. The molecule has 0 unspecified atom stereocenters. The summed E-state index contributed by atoms with van der Waals surface area (Å²) in [6, 6.07) is 0. The highest BCUT2D eigenvalue weighted by molar-refractivity contribution is 5.92. The number of rotatable bonds is 6. The first-order valence-corrected chi connectivity index (χ1v) is 5.52. The molecule has 0 saturated heterocycles. The molecule has 0 saturated carbocycles. The van der Waals surface area contributed by atoms with Gasteiger partial charge in [0.2, 0.25) is 5.91 Å². The second kappa shape index (κ2) is 7.04. The summed E-state index contributed by atoms with van der Waals surface area (Å²) in [5.41, 5.74) is 0.605. The number of hydrogen-bond acceptors (Lipinski definition) is 2. The van der Waals surface area contributed by atoms with Gasteiger partial charge in [0, 0.05) is 12.1 Å². The Morgan fingerprint density at radius 2 is 1.94 bits per heavy atom. The van der Waals surface area contributed by atoms with Gasteiger partial charge in [-0.2, -0.15) is 0 Å². The van der Waals surface area contributed by atoms with Crippen LogP contribution in [0.5, 0.6) is 0 Å². The average molecular weight is 227 g/mol. The molecule has 92 valence electrons. The van der Waals surface area contributed by atoms with Crippen LogP contribution < -0.4 is 5.32 Å². The van der Waals surface area contributed by atoms with Crippen LogP contribution in [-0.2, 0) is 9.59 Å². The maximum atomic E-state index is 11.4. The molecule has 0 aliphatic rings. The summed E-state index contributed by atoms with van der Waals surface area (Å²) >= 11 is 0. The molecule has 0 aromatic carbocycles. The van der Waals surface area contributed by atoms with Crippen LogP contribution in [0.3, 0.4) is 0 Å². The van der Waals surface area contributed by atoms with Crippen LogP contribution in [0.4, 0.5) is 0 Å². The van der Waals surface area contributed by atoms with Gasteiger partial charge in [0.05, 0.1) is 5.92 Å². The molecule has 4 nitrogen and oxygen atoms in total. The van der Waals surface area contributed by atoms with E-state index in [0.717, 1.165) is 0 Å². The lowest BCUT2D eigenvalue weighted by Crippen LogP contribution is -2.34. The van der Waals surface area contributed by atoms with E-state index in [0.29, 0.717) is 17.9 Å². The molecule has 16 heavy (non-hydrogen) atoms. The Bertz CT molecular complexity index is 282. The third-order valence-electron chi connectivity index (χ3n) is 2.41. The second-order valence-electron chi connectivity index (χ2n) is 4.35. The molecule has 0 radical (unpaired) electrons. The highest BCUT2D eigenvalue weighted by atomic mass is 16.4. The molecule has 4 heteroatoms. The Balaban J connectivity index is 4.23. The van der Waals surface area contributed by atoms with Crippen molar-refractivity contribution in [2.75, 3.05) is 6.54 Å². The molecule has 1 atom stereocenters. The minimum Gasteiger partial charge on any atom is -0.481 e. The Morgan fingerprint density at radius 1 is 1.38 bits per heavy atom. The van der Waals surface area contributed by atoms with E-state index in [1.165, 1.54) is 0 Å². The van der Waals surface area contributed by atoms with Crippen molar-refractivity contribution in [3.63, 3.8) is 0 Å². The van der Waals surface area contributed by atoms with Crippen molar-refractivity contribution in [1.82, 2.24) is 5.32 Å². The number of carbonyl (C=O) groups excluding carboxylic acids is 1. The molecule has 1 amide bonds. The number of aliphatic carboxylic acids is 1. The molecule has 0 rings (SSSR count). The fourth-order valence-electron chi connectivity index (χ4n) is 1.33. The molecule has 0 spiro atoms. The van der Waals surface area contributed by atoms with Crippen LogP contribution >= 0.6 is 0 Å². The topological polar surface area (TPSA) is 66.4 Å². The average Bonchev–Trinajstić information content (AvgIpc) is 2.21. The summed E-state index contributed by atoms with van der Waals surface area (Å²) in [5, 5.41) is 11.6. The molecule has 2 N–H and O–H groups in total. The molecule has 0 aromatic heterocycles. The fraction of sp³-hybridized carbons (Fsp3) is 0.667. The monoisotopic (exact) mass is 227 g/mol. The summed E-state index contributed by atoms with van der Waals surface area (Å²) in [6.07, 6.45) is 2.28. The molecular formula is C12H21NO3. The molecule has 0 aliphatic heterocycles. The Labute approximate surface area is 96.7 Å². The van der Waals surface area contributed by atoms with Crippen molar-refractivity contribution in [2.24, 2.45) is 11.8 Å². The van der Waals surface area contributed by atoms with Gasteiger partial charge in [0.1, 0.15) is 0 Å². The molecule has 0 aliphatic carbocycles. The molecule has 0 aromatic rings. The van der Waals surface area contributed by atoms with Crippen LogP contribution in [0.15, 0.2) is 11.6 Å². The first-order chi connectivity index (χ1) is 7.38. The third kappa shape index (κ3) is 5.53. The minimum atomic E-state index is -0.855. The maximum absolute atomic E-state index is 11.4. The lowest BCUT2D eigenvalue weighted by Gasteiger charge is -2.15. The minimum absolute atomic E-state index is 0.192. The predicted octanol–water partition coefficient (Wildman–Crippen LogP) is 1.82. The highest BCUT2D eigenvalue weighted by Gasteiger charge is 2.19. The Hall–Kier alpha value is -1.32. The van der Waals surface area contributed by atoms with Crippen LogP contribution in [0.2, 0.25) is 0 Å². The van der Waals surface area contributed by atoms with E-state index in [9.17, 15) is 9.59 Å². The quantitative estimate of drug-likeness (QED) is 0.680. The van der Waals surface area contributed by atoms with E-state index < -0.39 is 11.9 Å². The molecule has 0 fully saturated rings. The second-order valence-corrected chi connectivity index (χ2v) is 4.35. The number of amides is 1. The summed E-state index contributed by atoms with van der Waals surface area (Å²) < 4.78 is 0. The van der Waals surface area contributed by atoms with Gasteiger partial charge in [0.15, 0.2) is 0 Å². The first kappa shape index (κ1) is 14.7. The zero-order chi connectivity index (χ0) is 12.7. The van der Waals surface area contributed by atoms with Gasteiger partial charge in [-0.3, -0.25) is 9.59 Å². The number of allylic oxidation sites excluding steroid dienone is 1. The fourth-order valence-corrected chi connectivity index (χ4v) is 1.33. The number of carbonyl (C=O) groups is 2. The summed E-state index contributed by atoms with van der Waals surface area (Å²) in [5.74, 6) is -1.25. The maximum Gasteiger partial charge on any atom is 0.308 e. The molecular weight excluding hydrogens is 206 g/mol. The largest absolute Gasteiger partial charge is 0.481 e. The van der Waals surface area contributed by atoms with Crippen LogP contribution in [0.1, 0.15) is 34.1 Å². The van der Waals surface area contributed by atoms with E-state index in [-0.39, 0.29) is 12.5 Å². The van der Waals surface area contributed by atoms with Crippen molar-refractivity contribution in [2.45, 2.75) is 34.1 Å². The summed E-state index contributed by atoms with van der Waals surface area (Å²) in [7, 11) is 0. The third-order valence-corrected chi connectivity index (χ3v) is 2.41. The number of nitrogens with one attached hydrogen (secondary N) is 1. The van der Waals surface area contributed by atoms with Gasteiger partial charge < -0.3 is 10.4 Å². The normalized spacial score (nSPS) is 13.7. The van der Waals surface area contributed by atoms with E-state index in [4.69, 9.17) is 5.11 Å². The van der Waals surface area contributed by atoms with Crippen LogP contribution in [0.25, 0.3) is 0 Å². The van der Waals surface area contributed by atoms with Crippen molar-refractivity contribution in [3.05, 3.63) is 11.6 Å². The molecule has 0 bridgehead atoms. The molecule has 0 heterocycles. The zero-order valence-corrected chi connectivity index (χ0v) is 10.4. The van der Waals surface area contributed by atoms with Gasteiger partial charge in [-0.25, -0.2) is 0 Å². The van der Waals surface area contributed by atoms with Crippen molar-refractivity contribution in [1.29, 1.82) is 0 Å². The van der Waals surface area contributed by atoms with Crippen molar-refractivity contribution >= 4 is 11.9 Å². The summed E-state index contributed by atoms with van der Waals surface area (Å²) in [6.45, 7) is 7.60. The van der Waals surface area contributed by atoms with Gasteiger partial charge in [0.25, 0.3) is 0 Å². The first-order valence-electron chi connectivity index (χ1n) is 5.52. The SMILES string of the molecule is C/C=C(\C)C(=O)NC[C@@H](CC(C)C)C(=O)O. The van der Waals surface area contributed by atoms with E-state index in [2.05, 4.69) is 5.32 Å². The van der Waals surface area contributed by atoms with E-state index >= 15 is 0 Å². The van der Waals surface area contributed by atoms with Crippen molar-refractivity contribution < 1.29 is 14.7 Å².